The van der Waals surface area contributed by atoms with Crippen LogP contribution in [0.3, 0.4) is 0 Å². The highest BCUT2D eigenvalue weighted by molar-refractivity contribution is 7.85. The molecule has 2 aromatic carbocycles. The van der Waals surface area contributed by atoms with Crippen molar-refractivity contribution in [1.29, 1.82) is 0 Å². The van der Waals surface area contributed by atoms with Gasteiger partial charge in [0.1, 0.15) is 5.56 Å². The van der Waals surface area contributed by atoms with Crippen LogP contribution in [-0.2, 0) is 10.3 Å². The van der Waals surface area contributed by atoms with E-state index in [1.807, 2.05) is 0 Å². The fourth-order valence-corrected chi connectivity index (χ4v) is 2.61. The normalized spacial score (nSPS) is 12.0. The maximum absolute atomic E-state index is 12.5. The van der Waals surface area contributed by atoms with E-state index in [-0.39, 0.29) is 11.3 Å². The number of carbonyl (C=O) groups excluding carboxylic acids is 1. The number of hydrogen-bond donors (Lipinski definition) is 1. The van der Waals surface area contributed by atoms with Gasteiger partial charge in [-0.2, -0.15) is 8.42 Å². The molecule has 2 rings (SSSR count). The second kappa shape index (κ2) is 6.29. The molecule has 8 heteroatoms. The molecule has 0 aromatic heterocycles. The van der Waals surface area contributed by atoms with Crippen LogP contribution < -0.4 is 9.21 Å². The molecule has 1 amide bonds. The molecule has 0 aliphatic rings. The lowest BCUT2D eigenvalue weighted by molar-refractivity contribution is 0.102. The molecule has 0 unspecified atom stereocenters. The standard InChI is InChI=1S/C15H15ClN2O4S/c1-18(2,23(20,21)22)14-9-4-3-8-13(14)15(19)17-12-7-5-6-11(16)10-12/h3-10H,1-2H3,(H-,17,19,20,21,22). The number of carbonyl (C=O) groups is 1. The molecule has 0 saturated carbocycles. The fourth-order valence-electron chi connectivity index (χ4n) is 2.02. The first kappa shape index (κ1) is 17.4. The third kappa shape index (κ3) is 3.70. The molecule has 0 saturated heterocycles. The van der Waals surface area contributed by atoms with Crippen molar-refractivity contribution in [2.75, 3.05) is 19.4 Å². The smallest absolute Gasteiger partial charge is 0.261 e. The summed E-state index contributed by atoms with van der Waals surface area (Å²) in [5.74, 6) is -0.530. The minimum absolute atomic E-state index is 0.0852. The molecular formula is C15H15ClN2O4S. The SMILES string of the molecule is C[N+](C)(c1ccccc1C(=O)Nc1cccc(Cl)c1)S(=O)(=O)[O-]. The lowest BCUT2D eigenvalue weighted by Crippen LogP contribution is -2.47. The van der Waals surface area contributed by atoms with Gasteiger partial charge in [0, 0.05) is 16.8 Å². The molecule has 0 aliphatic carbocycles. The quantitative estimate of drug-likeness (QED) is 0.675. The summed E-state index contributed by atoms with van der Waals surface area (Å²) >= 11 is 5.86. The molecule has 0 bridgehead atoms. The van der Waals surface area contributed by atoms with Gasteiger partial charge in [-0.1, -0.05) is 29.8 Å². The van der Waals surface area contributed by atoms with E-state index in [2.05, 4.69) is 5.32 Å². The van der Waals surface area contributed by atoms with Gasteiger partial charge in [0.2, 0.25) is 0 Å². The molecule has 0 aliphatic heterocycles. The lowest BCUT2D eigenvalue weighted by Gasteiger charge is -2.31. The number of para-hydroxylation sites is 1. The van der Waals surface area contributed by atoms with Crippen LogP contribution in [0.5, 0.6) is 0 Å². The average Bonchev–Trinajstić information content (AvgIpc) is 2.46. The van der Waals surface area contributed by atoms with Crippen LogP contribution in [0.4, 0.5) is 11.4 Å². The van der Waals surface area contributed by atoms with Crippen molar-refractivity contribution in [3.8, 4) is 0 Å². The largest absolute Gasteiger partial charge is 0.701 e. The number of amides is 1. The third-order valence-electron chi connectivity index (χ3n) is 3.37. The number of quaternary nitrogens is 1. The summed E-state index contributed by atoms with van der Waals surface area (Å²) in [4.78, 5) is 12.5. The van der Waals surface area contributed by atoms with Crippen LogP contribution in [0.25, 0.3) is 0 Å². The van der Waals surface area contributed by atoms with Crippen molar-refractivity contribution in [3.05, 3.63) is 59.1 Å². The van der Waals surface area contributed by atoms with E-state index < -0.39 is 20.1 Å². The molecular weight excluding hydrogens is 340 g/mol. The summed E-state index contributed by atoms with van der Waals surface area (Å²) in [6.07, 6.45) is 0. The van der Waals surface area contributed by atoms with E-state index in [0.29, 0.717) is 10.7 Å². The Morgan fingerprint density at radius 1 is 1.13 bits per heavy atom. The summed E-state index contributed by atoms with van der Waals surface area (Å²) in [7, 11) is -2.27. The maximum Gasteiger partial charge on any atom is 0.261 e. The third-order valence-corrected chi connectivity index (χ3v) is 4.92. The summed E-state index contributed by atoms with van der Waals surface area (Å²) in [6, 6.07) is 12.6. The molecule has 0 radical (unpaired) electrons. The summed E-state index contributed by atoms with van der Waals surface area (Å²) < 4.78 is 33.5. The Kier molecular flexibility index (Phi) is 4.76. The average molecular weight is 355 g/mol. The van der Waals surface area contributed by atoms with Gasteiger partial charge in [-0.05, 0) is 24.3 Å². The highest BCUT2D eigenvalue weighted by Gasteiger charge is 2.31. The second-order valence-electron chi connectivity index (χ2n) is 5.26. The van der Waals surface area contributed by atoms with Crippen molar-refractivity contribution in [3.63, 3.8) is 0 Å². The molecule has 6 nitrogen and oxygen atoms in total. The second-order valence-corrected chi connectivity index (χ2v) is 7.46. The van der Waals surface area contributed by atoms with Gasteiger partial charge in [0.15, 0.2) is 5.69 Å². The predicted octanol–water partition coefficient (Wildman–Crippen LogP) is 2.62. The Bertz CT molecular complexity index is 850. The summed E-state index contributed by atoms with van der Waals surface area (Å²) in [6.45, 7) is 0. The van der Waals surface area contributed by atoms with Gasteiger partial charge < -0.3 is 9.87 Å². The van der Waals surface area contributed by atoms with Crippen molar-refractivity contribution in [2.45, 2.75) is 0 Å². The van der Waals surface area contributed by atoms with Crippen LogP contribution >= 0.6 is 11.6 Å². The van der Waals surface area contributed by atoms with E-state index in [1.165, 1.54) is 26.2 Å². The van der Waals surface area contributed by atoms with Crippen molar-refractivity contribution in [1.82, 2.24) is 3.89 Å². The van der Waals surface area contributed by atoms with E-state index in [0.717, 1.165) is 0 Å². The number of hydrogen-bond acceptors (Lipinski definition) is 4. The molecule has 0 heterocycles. The van der Waals surface area contributed by atoms with Crippen LogP contribution in [0.15, 0.2) is 48.5 Å². The van der Waals surface area contributed by atoms with Crippen LogP contribution in [-0.4, -0.2) is 33.0 Å². The number of anilines is 1. The Hall–Kier alpha value is -1.93. The monoisotopic (exact) mass is 354 g/mol. The molecule has 23 heavy (non-hydrogen) atoms. The van der Waals surface area contributed by atoms with Gasteiger partial charge in [0.25, 0.3) is 16.2 Å². The van der Waals surface area contributed by atoms with Gasteiger partial charge in [-0.25, -0.2) is 3.89 Å². The molecule has 122 valence electrons. The number of benzene rings is 2. The van der Waals surface area contributed by atoms with Crippen LogP contribution in [0, 0.1) is 0 Å². The van der Waals surface area contributed by atoms with Gasteiger partial charge in [-0.15, -0.1) is 0 Å². The first-order chi connectivity index (χ1) is 10.6. The molecule has 1 N–H and O–H groups in total. The predicted molar refractivity (Wildman–Crippen MR) is 89.2 cm³/mol. The van der Waals surface area contributed by atoms with Gasteiger partial charge in [0.05, 0.1) is 14.1 Å². The van der Waals surface area contributed by atoms with E-state index in [4.69, 9.17) is 11.6 Å². The van der Waals surface area contributed by atoms with Crippen LogP contribution in [0.2, 0.25) is 5.02 Å². The summed E-state index contributed by atoms with van der Waals surface area (Å²) in [5.41, 5.74) is 0.645. The number of halogens is 1. The molecule has 0 atom stereocenters. The lowest BCUT2D eigenvalue weighted by atomic mass is 10.1. The minimum atomic E-state index is -4.70. The first-order valence-corrected chi connectivity index (χ1v) is 8.34. The van der Waals surface area contributed by atoms with Gasteiger partial charge >= 0.3 is 0 Å². The topological polar surface area (TPSA) is 86.3 Å². The number of nitrogens with one attached hydrogen (secondary N) is 1. The number of rotatable bonds is 4. The Balaban J connectivity index is 2.43. The van der Waals surface area contributed by atoms with E-state index in [9.17, 15) is 17.8 Å². The Morgan fingerprint density at radius 2 is 1.78 bits per heavy atom. The number of nitrogens with zero attached hydrogens (tertiary/aromatic N) is 1. The van der Waals surface area contributed by atoms with E-state index >= 15 is 0 Å². The zero-order valence-electron chi connectivity index (χ0n) is 12.5. The summed E-state index contributed by atoms with van der Waals surface area (Å²) in [5, 5.41) is 3.09. The Morgan fingerprint density at radius 3 is 2.39 bits per heavy atom. The Labute approximate surface area is 139 Å². The van der Waals surface area contributed by atoms with Crippen molar-refractivity contribution in [2.24, 2.45) is 0 Å². The van der Waals surface area contributed by atoms with Crippen LogP contribution in [0.1, 0.15) is 10.4 Å². The van der Waals surface area contributed by atoms with Gasteiger partial charge in [-0.3, -0.25) is 4.79 Å². The van der Waals surface area contributed by atoms with Crippen molar-refractivity contribution >= 4 is 39.2 Å². The zero-order chi connectivity index (χ0) is 17.3. The fraction of sp³-hybridized carbons (Fsp3) is 0.133. The molecule has 0 fully saturated rings. The molecule has 0 spiro atoms. The minimum Gasteiger partial charge on any atom is -0.701 e. The van der Waals surface area contributed by atoms with E-state index in [1.54, 1.807) is 36.4 Å². The molecule has 2 aromatic rings. The highest BCUT2D eigenvalue weighted by atomic mass is 35.5. The highest BCUT2D eigenvalue weighted by Crippen LogP contribution is 2.28. The maximum atomic E-state index is 12.5. The first-order valence-electron chi connectivity index (χ1n) is 6.59. The zero-order valence-corrected chi connectivity index (χ0v) is 14.1. The van der Waals surface area contributed by atoms with Crippen molar-refractivity contribution < 1.29 is 17.8 Å².